The number of carbonyl (C=O) groups excluding carboxylic acids is 1. The van der Waals surface area contributed by atoms with Crippen molar-refractivity contribution >= 4 is 18.3 Å². The molecule has 0 saturated heterocycles. The minimum atomic E-state index is -0.480. The number of amides is 1. The zero-order valence-electron chi connectivity index (χ0n) is 10.7. The predicted molar refractivity (Wildman–Crippen MR) is 73.2 cm³/mol. The topological polar surface area (TPSA) is 64.3 Å². The first-order valence-electron chi connectivity index (χ1n) is 6.00. The third-order valence-corrected chi connectivity index (χ3v) is 3.17. The average Bonchev–Trinajstić information content (AvgIpc) is 3.20. The van der Waals surface area contributed by atoms with E-state index < -0.39 is 5.82 Å². The van der Waals surface area contributed by atoms with Crippen LogP contribution in [-0.2, 0) is 0 Å². The Morgan fingerprint density at radius 3 is 2.79 bits per heavy atom. The van der Waals surface area contributed by atoms with E-state index in [1.54, 1.807) is 0 Å². The number of hydrogen-bond donors (Lipinski definition) is 2. The number of hydrogen-bond acceptors (Lipinski definition) is 3. The molecule has 19 heavy (non-hydrogen) atoms. The minimum Gasteiger partial charge on any atom is -0.494 e. The Bertz CT molecular complexity index is 452. The molecule has 1 aromatic rings. The molecule has 1 aromatic carbocycles. The van der Waals surface area contributed by atoms with Crippen LogP contribution in [0.1, 0.15) is 23.2 Å². The molecule has 1 atom stereocenters. The van der Waals surface area contributed by atoms with Crippen molar-refractivity contribution in [2.75, 3.05) is 13.7 Å². The highest BCUT2D eigenvalue weighted by molar-refractivity contribution is 5.94. The van der Waals surface area contributed by atoms with Gasteiger partial charge in [0.1, 0.15) is 0 Å². The van der Waals surface area contributed by atoms with E-state index in [9.17, 15) is 9.18 Å². The molecule has 1 unspecified atom stereocenters. The van der Waals surface area contributed by atoms with Crippen molar-refractivity contribution in [3.63, 3.8) is 0 Å². The molecule has 1 aliphatic carbocycles. The Balaban J connectivity index is 0.00000180. The smallest absolute Gasteiger partial charge is 0.251 e. The lowest BCUT2D eigenvalue weighted by Crippen LogP contribution is -2.41. The highest BCUT2D eigenvalue weighted by Crippen LogP contribution is 2.32. The summed E-state index contributed by atoms with van der Waals surface area (Å²) in [6.45, 7) is 0.425. The van der Waals surface area contributed by atoms with E-state index in [4.69, 9.17) is 10.5 Å². The molecule has 3 N–H and O–H groups in total. The van der Waals surface area contributed by atoms with Crippen LogP contribution in [0.15, 0.2) is 18.2 Å². The van der Waals surface area contributed by atoms with Gasteiger partial charge in [-0.25, -0.2) is 4.39 Å². The van der Waals surface area contributed by atoms with Crippen molar-refractivity contribution in [2.24, 2.45) is 11.7 Å². The molecule has 0 aromatic heterocycles. The SMILES string of the molecule is COc1cc(C(=O)NC(CN)C2CC2)ccc1F.Cl. The highest BCUT2D eigenvalue weighted by Gasteiger charge is 2.31. The van der Waals surface area contributed by atoms with Gasteiger partial charge in [-0.1, -0.05) is 0 Å². The summed E-state index contributed by atoms with van der Waals surface area (Å²) in [5.41, 5.74) is 6.00. The van der Waals surface area contributed by atoms with E-state index in [1.165, 1.54) is 25.3 Å². The standard InChI is InChI=1S/C13H17FN2O2.ClH/c1-18-12-6-9(4-5-10(12)14)13(17)16-11(7-15)8-2-3-8;/h4-6,8,11H,2-3,7,15H2,1H3,(H,16,17);1H. The lowest BCUT2D eigenvalue weighted by atomic mass is 10.1. The zero-order chi connectivity index (χ0) is 13.1. The second-order valence-corrected chi connectivity index (χ2v) is 4.50. The van der Waals surface area contributed by atoms with Gasteiger partial charge in [-0.2, -0.15) is 0 Å². The molecule has 1 amide bonds. The van der Waals surface area contributed by atoms with Crippen LogP contribution < -0.4 is 15.8 Å². The Hall–Kier alpha value is -1.33. The average molecular weight is 289 g/mol. The Labute approximate surface area is 117 Å². The summed E-state index contributed by atoms with van der Waals surface area (Å²) in [5.74, 6) is -0.165. The summed E-state index contributed by atoms with van der Waals surface area (Å²) in [5, 5.41) is 2.87. The van der Waals surface area contributed by atoms with Gasteiger partial charge in [0.05, 0.1) is 7.11 Å². The maximum Gasteiger partial charge on any atom is 0.251 e. The first kappa shape index (κ1) is 15.7. The Morgan fingerprint density at radius 1 is 1.58 bits per heavy atom. The second-order valence-electron chi connectivity index (χ2n) is 4.50. The van der Waals surface area contributed by atoms with Crippen LogP contribution in [-0.4, -0.2) is 25.6 Å². The zero-order valence-corrected chi connectivity index (χ0v) is 11.5. The molecule has 2 rings (SSSR count). The lowest BCUT2D eigenvalue weighted by molar-refractivity contribution is 0.0933. The summed E-state index contributed by atoms with van der Waals surface area (Å²) in [7, 11) is 1.37. The predicted octanol–water partition coefficient (Wildman–Crippen LogP) is 1.72. The normalized spacial score (nSPS) is 15.3. The molecule has 1 fully saturated rings. The summed E-state index contributed by atoms with van der Waals surface area (Å²) < 4.78 is 18.1. The summed E-state index contributed by atoms with van der Waals surface area (Å²) in [4.78, 5) is 12.0. The van der Waals surface area contributed by atoms with Gasteiger partial charge < -0.3 is 15.8 Å². The van der Waals surface area contributed by atoms with Crippen molar-refractivity contribution < 1.29 is 13.9 Å². The van der Waals surface area contributed by atoms with Crippen molar-refractivity contribution in [1.82, 2.24) is 5.32 Å². The van der Waals surface area contributed by atoms with E-state index >= 15 is 0 Å². The molecule has 6 heteroatoms. The number of nitrogens with two attached hydrogens (primary N) is 1. The Kier molecular flexibility index (Phi) is 5.57. The van der Waals surface area contributed by atoms with Gasteiger partial charge in [0.25, 0.3) is 5.91 Å². The monoisotopic (exact) mass is 288 g/mol. The van der Waals surface area contributed by atoms with E-state index in [0.29, 0.717) is 18.0 Å². The summed E-state index contributed by atoms with van der Waals surface area (Å²) in [6.07, 6.45) is 2.21. The van der Waals surface area contributed by atoms with Crippen molar-refractivity contribution in [3.8, 4) is 5.75 Å². The fourth-order valence-electron chi connectivity index (χ4n) is 1.92. The molecular formula is C13H18ClFN2O2. The maximum absolute atomic E-state index is 13.2. The van der Waals surface area contributed by atoms with E-state index in [-0.39, 0.29) is 30.1 Å². The minimum absolute atomic E-state index is 0. The number of ether oxygens (including phenoxy) is 1. The molecule has 106 valence electrons. The van der Waals surface area contributed by atoms with Crippen molar-refractivity contribution in [1.29, 1.82) is 0 Å². The van der Waals surface area contributed by atoms with E-state index in [2.05, 4.69) is 5.32 Å². The maximum atomic E-state index is 13.2. The fraction of sp³-hybridized carbons (Fsp3) is 0.462. The summed E-state index contributed by atoms with van der Waals surface area (Å²) >= 11 is 0. The third-order valence-electron chi connectivity index (χ3n) is 3.17. The van der Waals surface area contributed by atoms with Crippen LogP contribution in [0.3, 0.4) is 0 Å². The highest BCUT2D eigenvalue weighted by atomic mass is 35.5. The van der Waals surface area contributed by atoms with Gasteiger partial charge in [0.15, 0.2) is 11.6 Å². The molecule has 0 radical (unpaired) electrons. The molecular weight excluding hydrogens is 271 g/mol. The van der Waals surface area contributed by atoms with Gasteiger partial charge in [0.2, 0.25) is 0 Å². The van der Waals surface area contributed by atoms with Crippen LogP contribution in [0.4, 0.5) is 4.39 Å². The largest absolute Gasteiger partial charge is 0.494 e. The number of rotatable bonds is 5. The molecule has 0 bridgehead atoms. The number of benzene rings is 1. The number of nitrogens with one attached hydrogen (secondary N) is 1. The third kappa shape index (κ3) is 3.81. The molecule has 0 spiro atoms. The second kappa shape index (κ2) is 6.73. The van der Waals surface area contributed by atoms with E-state index in [1.807, 2.05) is 0 Å². The summed E-state index contributed by atoms with van der Waals surface area (Å²) in [6, 6.07) is 4.06. The Morgan fingerprint density at radius 2 is 2.26 bits per heavy atom. The molecule has 0 aliphatic heterocycles. The first-order valence-corrected chi connectivity index (χ1v) is 6.00. The van der Waals surface area contributed by atoms with Gasteiger partial charge in [-0.05, 0) is 37.0 Å². The van der Waals surface area contributed by atoms with E-state index in [0.717, 1.165) is 12.8 Å². The van der Waals surface area contributed by atoms with Crippen LogP contribution >= 0.6 is 12.4 Å². The van der Waals surface area contributed by atoms with Crippen LogP contribution in [0, 0.1) is 11.7 Å². The first-order chi connectivity index (χ1) is 8.65. The van der Waals surface area contributed by atoms with Gasteiger partial charge in [0, 0.05) is 18.2 Å². The molecule has 0 heterocycles. The van der Waals surface area contributed by atoms with Crippen molar-refractivity contribution in [2.45, 2.75) is 18.9 Å². The lowest BCUT2D eigenvalue weighted by Gasteiger charge is -2.16. The van der Waals surface area contributed by atoms with Gasteiger partial charge in [-0.15, -0.1) is 12.4 Å². The van der Waals surface area contributed by atoms with Gasteiger partial charge in [-0.3, -0.25) is 4.79 Å². The van der Waals surface area contributed by atoms with Gasteiger partial charge >= 0.3 is 0 Å². The number of carbonyl (C=O) groups is 1. The van der Waals surface area contributed by atoms with Crippen LogP contribution in [0.2, 0.25) is 0 Å². The molecule has 4 nitrogen and oxygen atoms in total. The van der Waals surface area contributed by atoms with Crippen molar-refractivity contribution in [3.05, 3.63) is 29.6 Å². The quantitative estimate of drug-likeness (QED) is 0.867. The number of halogens is 2. The van der Waals surface area contributed by atoms with Crippen LogP contribution in [0.5, 0.6) is 5.75 Å². The molecule has 1 aliphatic rings. The fourth-order valence-corrected chi connectivity index (χ4v) is 1.92. The number of methoxy groups -OCH3 is 1. The molecule has 1 saturated carbocycles. The van der Waals surface area contributed by atoms with Crippen LogP contribution in [0.25, 0.3) is 0 Å².